The molecule has 5 N–H and O–H groups in total. The number of nitrogens with one attached hydrogen (secondary N) is 4. The lowest BCUT2D eigenvalue weighted by Crippen LogP contribution is -2.35. The summed E-state index contributed by atoms with van der Waals surface area (Å²) in [7, 11) is 0. The molecule has 0 bridgehead atoms. The molecule has 1 aromatic carbocycles. The van der Waals surface area contributed by atoms with Crippen LogP contribution >= 0.6 is 0 Å². The summed E-state index contributed by atoms with van der Waals surface area (Å²) in [6.45, 7) is 0.0303. The molecule has 1 aliphatic carbocycles. The van der Waals surface area contributed by atoms with E-state index in [1.165, 1.54) is 11.6 Å². The Kier molecular flexibility index (Phi) is 6.88. The molecule has 0 radical (unpaired) electrons. The van der Waals surface area contributed by atoms with Crippen molar-refractivity contribution in [2.75, 3.05) is 23.7 Å². The number of amides is 1. The van der Waals surface area contributed by atoms with Crippen molar-refractivity contribution in [1.29, 1.82) is 0 Å². The quantitative estimate of drug-likeness (QED) is 0.292. The summed E-state index contributed by atoms with van der Waals surface area (Å²) in [5.41, 5.74) is 1.56. The van der Waals surface area contributed by atoms with Gasteiger partial charge in [0.05, 0.1) is 17.6 Å². The van der Waals surface area contributed by atoms with Crippen molar-refractivity contribution in [3.8, 4) is 0 Å². The van der Waals surface area contributed by atoms with Gasteiger partial charge in [0, 0.05) is 18.4 Å². The van der Waals surface area contributed by atoms with Crippen molar-refractivity contribution in [2.24, 2.45) is 0 Å². The highest BCUT2D eigenvalue weighted by Crippen LogP contribution is 2.41. The molecule has 1 aliphatic heterocycles. The zero-order chi connectivity index (χ0) is 26.9. The first kappa shape index (κ1) is 25.8. The molecule has 3 heterocycles. The monoisotopic (exact) mass is 531 g/mol. The van der Waals surface area contributed by atoms with Crippen LogP contribution in [0.4, 0.5) is 40.7 Å². The number of benzene rings is 1. The van der Waals surface area contributed by atoms with Gasteiger partial charge in [0.2, 0.25) is 5.95 Å². The molecule has 2 aliphatic rings. The van der Waals surface area contributed by atoms with Gasteiger partial charge in [-0.1, -0.05) is 6.07 Å². The van der Waals surface area contributed by atoms with Gasteiger partial charge in [-0.25, -0.2) is 9.37 Å². The van der Waals surface area contributed by atoms with Gasteiger partial charge in [-0.3, -0.25) is 9.78 Å². The molecule has 1 fully saturated rings. The Morgan fingerprint density at radius 2 is 1.92 bits per heavy atom. The van der Waals surface area contributed by atoms with E-state index in [1.54, 1.807) is 5.32 Å². The van der Waals surface area contributed by atoms with Crippen LogP contribution in [0.5, 0.6) is 0 Å². The van der Waals surface area contributed by atoms with Crippen molar-refractivity contribution in [1.82, 2.24) is 25.6 Å². The average Bonchev–Trinajstić information content (AvgIpc) is 2.87. The molecule has 38 heavy (non-hydrogen) atoms. The van der Waals surface area contributed by atoms with E-state index < -0.39 is 30.0 Å². The first-order chi connectivity index (χ1) is 18.1. The van der Waals surface area contributed by atoms with Crippen LogP contribution < -0.4 is 21.3 Å². The van der Waals surface area contributed by atoms with Crippen LogP contribution in [-0.2, 0) is 18.6 Å². The summed E-state index contributed by atoms with van der Waals surface area (Å²) in [4.78, 5) is 24.9. The number of pyridine rings is 1. The van der Waals surface area contributed by atoms with Gasteiger partial charge in [0.25, 0.3) is 5.91 Å². The average molecular weight is 532 g/mol. The van der Waals surface area contributed by atoms with E-state index in [0.29, 0.717) is 25.1 Å². The van der Waals surface area contributed by atoms with Crippen LogP contribution in [0.25, 0.3) is 0 Å². The molecule has 1 saturated carbocycles. The lowest BCUT2D eigenvalue weighted by atomic mass is 9.77. The number of carbonyl (C=O) groups is 1. The van der Waals surface area contributed by atoms with Gasteiger partial charge < -0.3 is 26.4 Å². The van der Waals surface area contributed by atoms with E-state index in [0.717, 1.165) is 37.3 Å². The van der Waals surface area contributed by atoms with Gasteiger partial charge in [-0.05, 0) is 61.6 Å². The molecule has 9 nitrogen and oxygen atoms in total. The van der Waals surface area contributed by atoms with Crippen molar-refractivity contribution >= 4 is 29.0 Å². The molecule has 3 aromatic rings. The Morgan fingerprint density at radius 1 is 1.11 bits per heavy atom. The van der Waals surface area contributed by atoms with Crippen LogP contribution in [0, 0.1) is 5.82 Å². The number of aliphatic hydroxyl groups is 1. The maximum absolute atomic E-state index is 14.7. The maximum Gasteiger partial charge on any atom is 0.405 e. The van der Waals surface area contributed by atoms with Crippen molar-refractivity contribution in [3.63, 3.8) is 0 Å². The van der Waals surface area contributed by atoms with Crippen LogP contribution in [0.15, 0.2) is 36.7 Å². The minimum absolute atomic E-state index is 0.0379. The van der Waals surface area contributed by atoms with Crippen molar-refractivity contribution < 1.29 is 27.5 Å². The van der Waals surface area contributed by atoms with Gasteiger partial charge in [0.1, 0.15) is 23.5 Å². The summed E-state index contributed by atoms with van der Waals surface area (Å²) >= 11 is 0. The predicted molar refractivity (Wildman–Crippen MR) is 131 cm³/mol. The predicted octanol–water partition coefficient (Wildman–Crippen LogP) is 3.81. The fourth-order valence-corrected chi connectivity index (χ4v) is 4.35. The van der Waals surface area contributed by atoms with E-state index in [4.69, 9.17) is 0 Å². The number of hydrogen-bond donors (Lipinski definition) is 5. The number of hydrogen-bond acceptors (Lipinski definition) is 8. The minimum Gasteiger partial charge on any atom is -0.384 e. The summed E-state index contributed by atoms with van der Waals surface area (Å²) in [5.74, 6) is -2.08. The number of nitrogens with zero attached hydrogens (tertiary/aromatic N) is 3. The summed E-state index contributed by atoms with van der Waals surface area (Å²) in [6, 6.07) is 7.06. The van der Waals surface area contributed by atoms with E-state index >= 15 is 0 Å². The second-order valence-corrected chi connectivity index (χ2v) is 9.35. The van der Waals surface area contributed by atoms with Gasteiger partial charge in [-0.15, -0.1) is 0 Å². The molecule has 0 unspecified atom stereocenters. The molecule has 0 atom stereocenters. The second kappa shape index (κ2) is 10.1. The first-order valence-electron chi connectivity index (χ1n) is 12.1. The van der Waals surface area contributed by atoms with E-state index in [1.807, 2.05) is 18.2 Å². The molecule has 0 saturated heterocycles. The standard InChI is InChI=1S/C25H25F4N7O2/c26-18-12-31-20(24(38)5-1-6-24)9-19(18)35-21-17(22(37)33-13-25(27,28)29)11-32-23(36-21)34-16-3-2-14-4-7-30-10-15(14)8-16/h2-3,8-9,11-12,30,38H,1,4-7,10,13H2,(H,33,37)(H2,31,32,34,35,36). The van der Waals surface area contributed by atoms with E-state index in [9.17, 15) is 27.5 Å². The first-order valence-corrected chi connectivity index (χ1v) is 12.1. The molecule has 0 spiro atoms. The molecule has 1 amide bonds. The maximum atomic E-state index is 14.7. The fourth-order valence-electron chi connectivity index (χ4n) is 4.35. The molecular formula is C25H25F4N7O2. The van der Waals surface area contributed by atoms with Crippen LogP contribution in [-0.4, -0.2) is 45.2 Å². The molecule has 5 rings (SSSR count). The van der Waals surface area contributed by atoms with Crippen molar-refractivity contribution in [2.45, 2.75) is 44.0 Å². The number of aromatic nitrogens is 3. The highest BCUT2D eigenvalue weighted by Gasteiger charge is 2.38. The Labute approximate surface area is 215 Å². The number of halogens is 4. The zero-order valence-electron chi connectivity index (χ0n) is 20.1. The lowest BCUT2D eigenvalue weighted by molar-refractivity contribution is -0.123. The largest absolute Gasteiger partial charge is 0.405 e. The van der Waals surface area contributed by atoms with E-state index in [2.05, 4.69) is 30.9 Å². The highest BCUT2D eigenvalue weighted by molar-refractivity contribution is 5.99. The summed E-state index contributed by atoms with van der Waals surface area (Å²) in [5, 5.41) is 21.4. The molecule has 13 heteroatoms. The van der Waals surface area contributed by atoms with Gasteiger partial charge in [0.15, 0.2) is 5.82 Å². The second-order valence-electron chi connectivity index (χ2n) is 9.35. The highest BCUT2D eigenvalue weighted by atomic mass is 19.4. The SMILES string of the molecule is O=C(NCC(F)(F)F)c1cnc(Nc2ccc3c(c2)CNCC3)nc1Nc1cc(C2(O)CCC2)ncc1F. The lowest BCUT2D eigenvalue weighted by Gasteiger charge is -2.36. The zero-order valence-corrected chi connectivity index (χ0v) is 20.1. The third kappa shape index (κ3) is 5.68. The minimum atomic E-state index is -4.63. The molecular weight excluding hydrogens is 506 g/mol. The normalized spacial score (nSPS) is 16.2. The number of anilines is 4. The number of alkyl halides is 3. The number of rotatable bonds is 7. The van der Waals surface area contributed by atoms with Crippen LogP contribution in [0.2, 0.25) is 0 Å². The third-order valence-corrected chi connectivity index (χ3v) is 6.60. The Morgan fingerprint density at radius 3 is 2.66 bits per heavy atom. The van der Waals surface area contributed by atoms with Crippen LogP contribution in [0.3, 0.4) is 0 Å². The van der Waals surface area contributed by atoms with Crippen LogP contribution in [0.1, 0.15) is 46.4 Å². The number of fused-ring (bicyclic) bond motifs is 1. The topological polar surface area (TPSA) is 124 Å². The Bertz CT molecular complexity index is 1360. The number of carbonyl (C=O) groups excluding carboxylic acids is 1. The summed E-state index contributed by atoms with van der Waals surface area (Å²) < 4.78 is 52.8. The van der Waals surface area contributed by atoms with Gasteiger partial charge in [-0.2, -0.15) is 18.2 Å². The van der Waals surface area contributed by atoms with E-state index in [-0.39, 0.29) is 28.7 Å². The summed E-state index contributed by atoms with van der Waals surface area (Å²) in [6.07, 6.45) is -0.0148. The Hall–Kier alpha value is -3.84. The smallest absolute Gasteiger partial charge is 0.384 e. The van der Waals surface area contributed by atoms with Gasteiger partial charge >= 0.3 is 6.18 Å². The Balaban J connectivity index is 1.46. The fraction of sp³-hybridized carbons (Fsp3) is 0.360. The van der Waals surface area contributed by atoms with Crippen molar-refractivity contribution in [3.05, 3.63) is 64.9 Å². The third-order valence-electron chi connectivity index (χ3n) is 6.60. The molecule has 200 valence electrons. The molecule has 2 aromatic heterocycles.